The van der Waals surface area contributed by atoms with Crippen LogP contribution in [0.15, 0.2) is 183 Å². The van der Waals surface area contributed by atoms with Crippen LogP contribution in [0.4, 0.5) is 0 Å². The van der Waals surface area contributed by atoms with Crippen LogP contribution in [0.25, 0.3) is 66.1 Å². The van der Waals surface area contributed by atoms with Crippen molar-refractivity contribution in [3.05, 3.63) is 194 Å². The molecule has 2 nitrogen and oxygen atoms in total. The average Bonchev–Trinajstić information content (AvgIpc) is 3.50. The summed E-state index contributed by atoms with van der Waals surface area (Å²) in [5.74, 6) is 0. The molecule has 0 radical (unpaired) electrons. The highest BCUT2D eigenvalue weighted by atomic mass is 15.0. The molecule has 0 fully saturated rings. The molecule has 230 valence electrons. The maximum atomic E-state index is 7.65. The molecule has 0 atom stereocenters. The van der Waals surface area contributed by atoms with Crippen molar-refractivity contribution < 1.29 is 0 Å². The summed E-state index contributed by atoms with van der Waals surface area (Å²) in [5.41, 5.74) is 11.7. The third-order valence-electron chi connectivity index (χ3n) is 8.83. The number of hydrogen-bond donors (Lipinski definition) is 1. The Morgan fingerprint density at radius 3 is 1.85 bits per heavy atom. The van der Waals surface area contributed by atoms with Crippen LogP contribution in [0.1, 0.15) is 11.1 Å². The molecule has 7 aromatic carbocycles. The first kappa shape index (κ1) is 30.4. The summed E-state index contributed by atoms with van der Waals surface area (Å²) < 4.78 is 2.38. The number of nitrogens with zero attached hydrogens (tertiary/aromatic N) is 1. The number of aromatic nitrogens is 1. The molecule has 0 saturated carbocycles. The van der Waals surface area contributed by atoms with Gasteiger partial charge in [0.05, 0.1) is 11.0 Å². The quantitative estimate of drug-likeness (QED) is 0.142. The molecule has 1 N–H and O–H groups in total. The second kappa shape index (κ2) is 13.6. The van der Waals surface area contributed by atoms with E-state index in [-0.39, 0.29) is 0 Å². The zero-order valence-electron chi connectivity index (χ0n) is 27.0. The van der Waals surface area contributed by atoms with Crippen molar-refractivity contribution in [2.24, 2.45) is 0 Å². The summed E-state index contributed by atoms with van der Waals surface area (Å²) in [5, 5.41) is 12.6. The van der Waals surface area contributed by atoms with Crippen molar-refractivity contribution >= 4 is 44.4 Å². The summed E-state index contributed by atoms with van der Waals surface area (Å²) in [6.07, 6.45) is 4.94. The van der Waals surface area contributed by atoms with Crippen molar-refractivity contribution in [3.63, 3.8) is 0 Å². The number of aryl methyl sites for hydroxylation is 1. The van der Waals surface area contributed by atoms with E-state index in [0.717, 1.165) is 16.7 Å². The maximum Gasteiger partial charge on any atom is 0.0619 e. The van der Waals surface area contributed by atoms with Gasteiger partial charge >= 0.3 is 0 Å². The molecule has 0 amide bonds. The lowest BCUT2D eigenvalue weighted by Crippen LogP contribution is -1.94. The van der Waals surface area contributed by atoms with Gasteiger partial charge < -0.3 is 9.98 Å². The molecule has 0 aliphatic rings. The fourth-order valence-corrected chi connectivity index (χ4v) is 6.40. The minimum absolute atomic E-state index is 0.848. The van der Waals surface area contributed by atoms with Crippen LogP contribution in [0.2, 0.25) is 0 Å². The van der Waals surface area contributed by atoms with Gasteiger partial charge in [0.25, 0.3) is 0 Å². The highest BCUT2D eigenvalue weighted by molar-refractivity contribution is 6.19. The number of rotatable bonds is 6. The molecular weight excluding hydrogens is 581 g/mol. The van der Waals surface area contributed by atoms with Crippen LogP contribution in [0.5, 0.6) is 0 Å². The fraction of sp³-hybridized carbons (Fsp3) is 0.0217. The summed E-state index contributed by atoms with van der Waals surface area (Å²) >= 11 is 0. The Kier molecular flexibility index (Phi) is 8.63. The normalized spacial score (nSPS) is 11.3. The van der Waals surface area contributed by atoms with E-state index in [1.165, 1.54) is 66.7 Å². The van der Waals surface area contributed by atoms with E-state index in [1.807, 2.05) is 12.1 Å². The van der Waals surface area contributed by atoms with Gasteiger partial charge in [-0.25, -0.2) is 0 Å². The molecule has 48 heavy (non-hydrogen) atoms. The molecule has 1 aromatic heterocycles. The van der Waals surface area contributed by atoms with Gasteiger partial charge in [-0.1, -0.05) is 164 Å². The Balaban J connectivity index is 0.000000235. The van der Waals surface area contributed by atoms with E-state index in [4.69, 9.17) is 5.41 Å². The molecule has 0 unspecified atom stereocenters. The van der Waals surface area contributed by atoms with Gasteiger partial charge in [0.2, 0.25) is 0 Å². The van der Waals surface area contributed by atoms with E-state index in [2.05, 4.69) is 176 Å². The maximum absolute atomic E-state index is 7.65. The van der Waals surface area contributed by atoms with E-state index < -0.39 is 0 Å². The zero-order valence-corrected chi connectivity index (χ0v) is 27.0. The molecule has 1 heterocycles. The summed E-state index contributed by atoms with van der Waals surface area (Å²) in [7, 11) is 0. The number of hydrogen-bond acceptors (Lipinski definition) is 1. The van der Waals surface area contributed by atoms with Crippen LogP contribution >= 0.6 is 0 Å². The van der Waals surface area contributed by atoms with Gasteiger partial charge in [-0.2, -0.15) is 0 Å². The second-order valence-electron chi connectivity index (χ2n) is 11.9. The second-order valence-corrected chi connectivity index (χ2v) is 11.9. The summed E-state index contributed by atoms with van der Waals surface area (Å²) in [6, 6.07) is 57.8. The predicted molar refractivity (Wildman–Crippen MR) is 207 cm³/mol. The standard InChI is InChI=1S/C33H24N2.C13H12/c1-2-8-27(22-34)24-15-13-23(14-16-24)25-17-19-29-26(21-25)18-20-31-30-11-6-7-12-32(30)35(33(29)31)28-9-4-3-5-10-28;1-11-7-9-13(10-8-11)12-5-3-2-4-6-12/h2-22,34H,1H2;2-10H,1H3/b27-8+,34-22?;. The van der Waals surface area contributed by atoms with Crippen molar-refractivity contribution in [1.29, 1.82) is 5.41 Å². The predicted octanol–water partition coefficient (Wildman–Crippen LogP) is 12.5. The molecule has 0 saturated heterocycles. The van der Waals surface area contributed by atoms with E-state index in [9.17, 15) is 0 Å². The Morgan fingerprint density at radius 1 is 0.562 bits per heavy atom. The van der Waals surface area contributed by atoms with Gasteiger partial charge in [0.15, 0.2) is 0 Å². The lowest BCUT2D eigenvalue weighted by Gasteiger charge is -2.11. The number of fused-ring (bicyclic) bond motifs is 5. The molecule has 2 heteroatoms. The lowest BCUT2D eigenvalue weighted by atomic mass is 9.97. The molecule has 0 aliphatic carbocycles. The zero-order chi connectivity index (χ0) is 32.9. The molecule has 0 aliphatic heterocycles. The van der Waals surface area contributed by atoms with Gasteiger partial charge in [0, 0.05) is 28.1 Å². The Labute approximate surface area is 282 Å². The van der Waals surface area contributed by atoms with Crippen molar-refractivity contribution in [2.75, 3.05) is 0 Å². The van der Waals surface area contributed by atoms with Crippen LogP contribution in [0, 0.1) is 12.3 Å². The Hall–Kier alpha value is -6.25. The van der Waals surface area contributed by atoms with E-state index in [1.54, 1.807) is 6.08 Å². The van der Waals surface area contributed by atoms with E-state index in [0.29, 0.717) is 0 Å². The smallest absolute Gasteiger partial charge is 0.0619 e. The average molecular weight is 617 g/mol. The minimum Gasteiger partial charge on any atom is -0.309 e. The van der Waals surface area contributed by atoms with E-state index >= 15 is 0 Å². The Morgan fingerprint density at radius 2 is 1.15 bits per heavy atom. The van der Waals surface area contributed by atoms with Crippen LogP contribution < -0.4 is 0 Å². The molecule has 0 spiro atoms. The topological polar surface area (TPSA) is 28.8 Å². The van der Waals surface area contributed by atoms with Gasteiger partial charge in [-0.05, 0) is 70.0 Å². The van der Waals surface area contributed by atoms with Crippen molar-refractivity contribution in [3.8, 4) is 27.9 Å². The SMILES string of the molecule is C=C/C=C(\C=N)c1ccc(-c2ccc3c(ccc4c5ccccc5n(-c5ccccc5)c34)c2)cc1.Cc1ccc(-c2ccccc2)cc1. The highest BCUT2D eigenvalue weighted by Crippen LogP contribution is 2.37. The van der Waals surface area contributed by atoms with Crippen LogP contribution in [-0.4, -0.2) is 10.8 Å². The number of para-hydroxylation sites is 2. The number of benzene rings is 7. The third kappa shape index (κ3) is 6.00. The minimum atomic E-state index is 0.848. The third-order valence-corrected chi connectivity index (χ3v) is 8.83. The lowest BCUT2D eigenvalue weighted by molar-refractivity contribution is 1.19. The highest BCUT2D eigenvalue weighted by Gasteiger charge is 2.15. The van der Waals surface area contributed by atoms with Crippen molar-refractivity contribution in [2.45, 2.75) is 6.92 Å². The van der Waals surface area contributed by atoms with Gasteiger partial charge in [-0.15, -0.1) is 0 Å². The molecule has 0 bridgehead atoms. The fourth-order valence-electron chi connectivity index (χ4n) is 6.40. The first-order valence-corrected chi connectivity index (χ1v) is 16.2. The molecule has 8 rings (SSSR count). The van der Waals surface area contributed by atoms with Crippen LogP contribution in [-0.2, 0) is 0 Å². The Bertz CT molecular complexity index is 2390. The largest absolute Gasteiger partial charge is 0.309 e. The first-order valence-electron chi connectivity index (χ1n) is 16.2. The number of nitrogens with one attached hydrogen (secondary N) is 1. The molecular formula is C46H36N2. The first-order chi connectivity index (χ1) is 23.6. The summed E-state index contributed by atoms with van der Waals surface area (Å²) in [4.78, 5) is 0. The summed E-state index contributed by atoms with van der Waals surface area (Å²) in [6.45, 7) is 5.85. The van der Waals surface area contributed by atoms with Gasteiger partial charge in [-0.3, -0.25) is 0 Å². The van der Waals surface area contributed by atoms with Crippen molar-refractivity contribution in [1.82, 2.24) is 4.57 Å². The van der Waals surface area contributed by atoms with Gasteiger partial charge in [0.1, 0.15) is 0 Å². The van der Waals surface area contributed by atoms with Crippen LogP contribution in [0.3, 0.4) is 0 Å². The molecule has 8 aromatic rings. The number of allylic oxidation sites excluding steroid dienone is 3. The monoisotopic (exact) mass is 616 g/mol.